The first-order chi connectivity index (χ1) is 19.4. The lowest BCUT2D eigenvalue weighted by Crippen LogP contribution is -2.34. The normalized spacial score (nSPS) is 26.2. The highest BCUT2D eigenvalue weighted by molar-refractivity contribution is 7.79. The number of pyridine rings is 1. The Morgan fingerprint density at radius 1 is 1.07 bits per heavy atom. The maximum Gasteiger partial charge on any atom is 0.270 e. The molecule has 4 unspecified atom stereocenters. The molecule has 3 nitrogen and oxygen atoms in total. The number of benzene rings is 1. The number of ether oxygens (including phenoxy) is 1. The molecule has 42 heavy (non-hydrogen) atoms. The third-order valence-electron chi connectivity index (χ3n) is 9.43. The van der Waals surface area contributed by atoms with E-state index in [9.17, 15) is 13.9 Å². The van der Waals surface area contributed by atoms with Crippen molar-refractivity contribution in [2.24, 2.45) is 16.7 Å². The lowest BCUT2D eigenvalue weighted by atomic mass is 9.69. The average molecular weight is 604 g/mol. The Morgan fingerprint density at radius 2 is 1.64 bits per heavy atom. The summed E-state index contributed by atoms with van der Waals surface area (Å²) in [5, 5.41) is 11.4. The van der Waals surface area contributed by atoms with Crippen molar-refractivity contribution in [3.63, 3.8) is 0 Å². The summed E-state index contributed by atoms with van der Waals surface area (Å²) in [5.74, 6) is -2.39. The molecule has 236 valence electrons. The van der Waals surface area contributed by atoms with E-state index in [0.29, 0.717) is 17.8 Å². The molecule has 1 N–H and O–H groups in total. The lowest BCUT2D eigenvalue weighted by molar-refractivity contribution is -0.0842. The minimum absolute atomic E-state index is 0.00345. The maximum absolute atomic E-state index is 13.9. The van der Waals surface area contributed by atoms with Crippen LogP contribution in [-0.4, -0.2) is 16.3 Å². The first-order valence-electron chi connectivity index (χ1n) is 15.8. The summed E-state index contributed by atoms with van der Waals surface area (Å²) >= 11 is 3.53. The van der Waals surface area contributed by atoms with E-state index in [0.717, 1.165) is 66.2 Å². The van der Waals surface area contributed by atoms with Gasteiger partial charge in [-0.2, -0.15) is 12.6 Å². The molecule has 1 spiro atoms. The van der Waals surface area contributed by atoms with Crippen LogP contribution in [0.25, 0.3) is 0 Å². The number of aliphatic hydroxyl groups excluding tert-OH is 1. The predicted octanol–water partition coefficient (Wildman–Crippen LogP) is 10.4. The Morgan fingerprint density at radius 3 is 2.10 bits per heavy atom. The Bertz CT molecular complexity index is 1210. The van der Waals surface area contributed by atoms with Crippen LogP contribution < -0.4 is 0 Å². The molecule has 0 saturated heterocycles. The summed E-state index contributed by atoms with van der Waals surface area (Å²) < 4.78 is 34.8. The molecule has 6 heteroatoms. The van der Waals surface area contributed by atoms with Gasteiger partial charge < -0.3 is 9.84 Å². The van der Waals surface area contributed by atoms with Crippen molar-refractivity contribution in [3.8, 4) is 0 Å². The largest absolute Gasteiger partial charge is 0.388 e. The summed E-state index contributed by atoms with van der Waals surface area (Å²) in [6.07, 6.45) is 6.61. The van der Waals surface area contributed by atoms with Gasteiger partial charge in [-0.15, -0.1) is 0 Å². The number of rotatable bonds is 3. The van der Waals surface area contributed by atoms with Gasteiger partial charge in [0.1, 0.15) is 6.10 Å². The van der Waals surface area contributed by atoms with Gasteiger partial charge in [0.15, 0.2) is 0 Å². The highest BCUT2D eigenvalue weighted by Gasteiger charge is 2.55. The number of thiol groups is 1. The minimum atomic E-state index is -2.88. The molecule has 1 aromatic heterocycles. The van der Waals surface area contributed by atoms with Crippen molar-refractivity contribution < 1.29 is 18.6 Å². The quantitative estimate of drug-likeness (QED) is 0.343. The Hall–Kier alpha value is -1.50. The highest BCUT2D eigenvalue weighted by Crippen LogP contribution is 2.61. The molecule has 4 atom stereocenters. The molecule has 0 bridgehead atoms. The van der Waals surface area contributed by atoms with E-state index in [1.54, 1.807) is 18.4 Å². The van der Waals surface area contributed by atoms with Gasteiger partial charge in [-0.3, -0.25) is 4.98 Å². The van der Waals surface area contributed by atoms with Gasteiger partial charge in [-0.25, -0.2) is 8.78 Å². The number of aliphatic hydroxyl groups is 1. The molecule has 2 aromatic rings. The van der Waals surface area contributed by atoms with Gasteiger partial charge in [0, 0.05) is 35.0 Å². The van der Waals surface area contributed by atoms with Crippen molar-refractivity contribution in [2.45, 2.75) is 137 Å². The molecule has 2 aliphatic carbocycles. The number of nitrogens with zero attached hydrogens (tertiary/aromatic N) is 1. The Labute approximate surface area is 259 Å². The van der Waals surface area contributed by atoms with Gasteiger partial charge in [0.2, 0.25) is 0 Å². The van der Waals surface area contributed by atoms with Crippen molar-refractivity contribution in [1.29, 1.82) is 0 Å². The van der Waals surface area contributed by atoms with E-state index in [-0.39, 0.29) is 23.0 Å². The number of halogens is 2. The molecular weight excluding hydrogens is 548 g/mol. The van der Waals surface area contributed by atoms with Crippen LogP contribution in [0.1, 0.15) is 159 Å². The predicted molar refractivity (Wildman–Crippen MR) is 174 cm³/mol. The van der Waals surface area contributed by atoms with Crippen LogP contribution in [0.3, 0.4) is 0 Å². The zero-order chi connectivity index (χ0) is 31.8. The lowest BCUT2D eigenvalue weighted by Gasteiger charge is -2.39. The summed E-state index contributed by atoms with van der Waals surface area (Å²) in [7, 11) is 0. The minimum Gasteiger partial charge on any atom is -0.388 e. The van der Waals surface area contributed by atoms with Crippen LogP contribution in [-0.2, 0) is 22.7 Å². The van der Waals surface area contributed by atoms with Crippen LogP contribution in [0.4, 0.5) is 8.78 Å². The SMILES string of the molecule is CC(C)c1nc2c(c3c1C(c1ccc(C(C)(F)F)cc1)OC31CCCC1C)C(O)CC(C)(C)C2.CCC(C)(C)C.CS. The van der Waals surface area contributed by atoms with E-state index in [1.165, 1.54) is 18.6 Å². The van der Waals surface area contributed by atoms with Crippen molar-refractivity contribution in [2.75, 3.05) is 6.26 Å². The fraction of sp³-hybridized carbons (Fsp3) is 0.694. The van der Waals surface area contributed by atoms with Gasteiger partial charge in [0.05, 0.1) is 11.7 Å². The molecule has 5 rings (SSSR count). The van der Waals surface area contributed by atoms with Crippen LogP contribution in [0, 0.1) is 16.7 Å². The van der Waals surface area contributed by atoms with Gasteiger partial charge in [-0.05, 0) is 72.2 Å². The molecule has 1 aromatic carbocycles. The third-order valence-corrected chi connectivity index (χ3v) is 9.43. The van der Waals surface area contributed by atoms with Crippen LogP contribution >= 0.6 is 12.6 Å². The monoisotopic (exact) mass is 603 g/mol. The first kappa shape index (κ1) is 35.0. The van der Waals surface area contributed by atoms with E-state index in [1.807, 2.05) is 0 Å². The Balaban J connectivity index is 0.000000541. The van der Waals surface area contributed by atoms with E-state index in [4.69, 9.17) is 9.72 Å². The first-order valence-corrected chi connectivity index (χ1v) is 16.7. The standard InChI is InChI=1S/C29H37F2NO2.C6H14.CH4S/c1-16(2)25-23-24(22-20(32-25)14-27(4,5)15-21(22)33)29(13-7-8-17(29)3)34-26(23)18-9-11-19(12-10-18)28(6,30)31;1-5-6(2,3)4;1-2/h9-12,16-17,21,26,33H,7-8,13-15H2,1-6H3;5H2,1-4H3;2H,1H3. The third kappa shape index (κ3) is 7.07. The second-order valence-corrected chi connectivity index (χ2v) is 15.0. The molecule has 3 aliphatic rings. The second kappa shape index (κ2) is 12.9. The number of aromatic nitrogens is 1. The van der Waals surface area contributed by atoms with Crippen molar-refractivity contribution >= 4 is 12.6 Å². The molecule has 1 aliphatic heterocycles. The smallest absolute Gasteiger partial charge is 0.270 e. The fourth-order valence-electron chi connectivity index (χ4n) is 6.70. The summed E-state index contributed by atoms with van der Waals surface area (Å²) in [6.45, 7) is 20.8. The van der Waals surface area contributed by atoms with Crippen molar-refractivity contribution in [1.82, 2.24) is 4.98 Å². The van der Waals surface area contributed by atoms with Crippen LogP contribution in [0.5, 0.6) is 0 Å². The summed E-state index contributed by atoms with van der Waals surface area (Å²) in [6, 6.07) is 6.59. The summed E-state index contributed by atoms with van der Waals surface area (Å²) in [5.41, 5.74) is 6.17. The molecule has 1 saturated carbocycles. The molecule has 1 fully saturated rings. The highest BCUT2D eigenvalue weighted by atomic mass is 32.1. The second-order valence-electron chi connectivity index (χ2n) is 15.0. The zero-order valence-electron chi connectivity index (χ0n) is 27.9. The average Bonchev–Trinajstić information content (AvgIpc) is 3.43. The van der Waals surface area contributed by atoms with E-state index >= 15 is 0 Å². The number of alkyl halides is 2. The molecule has 2 heterocycles. The van der Waals surface area contributed by atoms with Gasteiger partial charge in [-0.1, -0.05) is 93.0 Å². The van der Waals surface area contributed by atoms with E-state index < -0.39 is 17.6 Å². The van der Waals surface area contributed by atoms with Crippen molar-refractivity contribution in [3.05, 3.63) is 63.5 Å². The zero-order valence-corrected chi connectivity index (χ0v) is 28.8. The Kier molecular flexibility index (Phi) is 10.7. The fourth-order valence-corrected chi connectivity index (χ4v) is 6.70. The van der Waals surface area contributed by atoms with Gasteiger partial charge in [0.25, 0.3) is 5.92 Å². The molecule has 0 radical (unpaired) electrons. The maximum atomic E-state index is 13.9. The summed E-state index contributed by atoms with van der Waals surface area (Å²) in [4.78, 5) is 5.18. The molecule has 0 amide bonds. The van der Waals surface area contributed by atoms with Crippen LogP contribution in [0.15, 0.2) is 24.3 Å². The number of hydrogen-bond donors (Lipinski definition) is 2. The van der Waals surface area contributed by atoms with E-state index in [2.05, 4.69) is 74.9 Å². The topological polar surface area (TPSA) is 42.4 Å². The number of fused-ring (bicyclic) bond motifs is 4. The van der Waals surface area contributed by atoms with Gasteiger partial charge >= 0.3 is 0 Å². The number of hydrogen-bond acceptors (Lipinski definition) is 4. The molecular formula is C36H55F2NO2S. The van der Waals surface area contributed by atoms with Crippen LogP contribution in [0.2, 0.25) is 0 Å².